The predicted octanol–water partition coefficient (Wildman–Crippen LogP) is 6.36. The number of nitrogens with zero attached hydrogens (tertiary/aromatic N) is 2. The topological polar surface area (TPSA) is 86.8 Å². The number of hydrogen-bond acceptors (Lipinski definition) is 4. The first-order chi connectivity index (χ1) is 21.5. The summed E-state index contributed by atoms with van der Waals surface area (Å²) in [6.07, 6.45) is 1.00. The van der Waals surface area contributed by atoms with Crippen molar-refractivity contribution in [1.82, 2.24) is 10.2 Å². The monoisotopic (exact) mass is 625 g/mol. The van der Waals surface area contributed by atoms with Crippen molar-refractivity contribution in [2.24, 2.45) is 0 Å². The maximum absolute atomic E-state index is 14.6. The Morgan fingerprint density at radius 1 is 0.756 bits per heavy atom. The van der Waals surface area contributed by atoms with Gasteiger partial charge in [-0.25, -0.2) is 8.42 Å². The minimum atomic E-state index is -4.14. The van der Waals surface area contributed by atoms with E-state index in [1.807, 2.05) is 101 Å². The van der Waals surface area contributed by atoms with Crippen LogP contribution in [0.25, 0.3) is 0 Å². The van der Waals surface area contributed by atoms with Crippen LogP contribution < -0.4 is 9.62 Å². The van der Waals surface area contributed by atoms with Crippen molar-refractivity contribution in [2.75, 3.05) is 10.8 Å². The molecule has 8 heteroatoms. The van der Waals surface area contributed by atoms with Gasteiger partial charge >= 0.3 is 0 Å². The maximum Gasteiger partial charge on any atom is 0.264 e. The molecule has 0 aliphatic rings. The number of amides is 2. The molecule has 0 aliphatic carbocycles. The number of rotatable bonds is 13. The quantitative estimate of drug-likeness (QED) is 0.187. The Balaban J connectivity index is 1.81. The molecule has 1 N–H and O–H groups in total. The smallest absolute Gasteiger partial charge is 0.264 e. The van der Waals surface area contributed by atoms with Gasteiger partial charge in [0, 0.05) is 19.0 Å². The molecule has 45 heavy (non-hydrogen) atoms. The second kappa shape index (κ2) is 15.0. The van der Waals surface area contributed by atoms with E-state index in [4.69, 9.17) is 0 Å². The third kappa shape index (κ3) is 8.60. The van der Waals surface area contributed by atoms with Crippen molar-refractivity contribution in [2.45, 2.75) is 71.0 Å². The van der Waals surface area contributed by atoms with Gasteiger partial charge in [-0.3, -0.25) is 13.9 Å². The van der Waals surface area contributed by atoms with E-state index in [-0.39, 0.29) is 29.8 Å². The lowest BCUT2D eigenvalue weighted by molar-refractivity contribution is -0.140. The van der Waals surface area contributed by atoms with Gasteiger partial charge in [-0.2, -0.15) is 0 Å². The van der Waals surface area contributed by atoms with Gasteiger partial charge in [0.15, 0.2) is 0 Å². The average Bonchev–Trinajstić information content (AvgIpc) is 3.03. The molecule has 0 spiro atoms. The van der Waals surface area contributed by atoms with Gasteiger partial charge in [-0.1, -0.05) is 103 Å². The van der Waals surface area contributed by atoms with Crippen molar-refractivity contribution >= 4 is 27.5 Å². The van der Waals surface area contributed by atoms with Crippen LogP contribution in [0.1, 0.15) is 48.1 Å². The van der Waals surface area contributed by atoms with Crippen LogP contribution in [0.15, 0.2) is 108 Å². The summed E-state index contributed by atoms with van der Waals surface area (Å²) in [5, 5.41) is 3.07. The summed E-state index contributed by atoms with van der Waals surface area (Å²) >= 11 is 0. The molecule has 4 aromatic carbocycles. The SMILES string of the molecule is CC[C@@H](C)NC(=O)[C@H](Cc1ccccc1)N(Cc1ccc(C)cc1)C(=O)CN(c1ccccc1C)S(=O)(=O)c1ccc(C)cc1. The summed E-state index contributed by atoms with van der Waals surface area (Å²) < 4.78 is 29.6. The zero-order chi connectivity index (χ0) is 32.6. The van der Waals surface area contributed by atoms with Gasteiger partial charge in [0.1, 0.15) is 12.6 Å². The molecule has 0 radical (unpaired) electrons. The highest BCUT2D eigenvalue weighted by Gasteiger charge is 2.35. The number of sulfonamides is 1. The number of aryl methyl sites for hydroxylation is 3. The van der Waals surface area contributed by atoms with E-state index >= 15 is 0 Å². The molecule has 0 bridgehead atoms. The number of carbonyl (C=O) groups is 2. The largest absolute Gasteiger partial charge is 0.352 e. The molecule has 4 rings (SSSR count). The normalized spacial score (nSPS) is 12.6. The van der Waals surface area contributed by atoms with Crippen LogP contribution in [0.3, 0.4) is 0 Å². The minimum Gasteiger partial charge on any atom is -0.352 e. The molecule has 0 heterocycles. The van der Waals surface area contributed by atoms with Crippen molar-refractivity contribution < 1.29 is 18.0 Å². The van der Waals surface area contributed by atoms with E-state index in [9.17, 15) is 18.0 Å². The molecule has 0 saturated carbocycles. The highest BCUT2D eigenvalue weighted by atomic mass is 32.2. The van der Waals surface area contributed by atoms with Gasteiger partial charge in [0.05, 0.1) is 10.6 Å². The molecule has 0 fully saturated rings. The average molecular weight is 626 g/mol. The number of para-hydroxylation sites is 1. The van der Waals surface area contributed by atoms with Gasteiger partial charge in [-0.05, 0) is 69.0 Å². The first-order valence-electron chi connectivity index (χ1n) is 15.3. The Bertz CT molecular complexity index is 1690. The number of hydrogen-bond donors (Lipinski definition) is 1. The van der Waals surface area contributed by atoms with Crippen LogP contribution in [0.2, 0.25) is 0 Å². The molecule has 0 unspecified atom stereocenters. The lowest BCUT2D eigenvalue weighted by Gasteiger charge is -2.34. The minimum absolute atomic E-state index is 0.0876. The molecule has 0 saturated heterocycles. The van der Waals surface area contributed by atoms with Crippen LogP contribution in [-0.2, 0) is 32.6 Å². The molecule has 4 aromatic rings. The molecular formula is C37H43N3O4S. The van der Waals surface area contributed by atoms with Crippen LogP contribution in [0.4, 0.5) is 5.69 Å². The number of anilines is 1. The zero-order valence-corrected chi connectivity index (χ0v) is 27.6. The molecule has 236 valence electrons. The Kier molecular flexibility index (Phi) is 11.2. The van der Waals surface area contributed by atoms with Gasteiger partial charge < -0.3 is 10.2 Å². The zero-order valence-electron chi connectivity index (χ0n) is 26.7. The summed E-state index contributed by atoms with van der Waals surface area (Å²) in [6, 6.07) is 30.1. The summed E-state index contributed by atoms with van der Waals surface area (Å²) in [5.41, 5.74) is 4.85. The first-order valence-corrected chi connectivity index (χ1v) is 16.8. The van der Waals surface area contributed by atoms with Crippen LogP contribution in [0.5, 0.6) is 0 Å². The summed E-state index contributed by atoms with van der Waals surface area (Å²) in [4.78, 5) is 30.1. The van der Waals surface area contributed by atoms with Crippen LogP contribution >= 0.6 is 0 Å². The fourth-order valence-electron chi connectivity index (χ4n) is 5.08. The Morgan fingerprint density at radius 2 is 1.33 bits per heavy atom. The second-order valence-electron chi connectivity index (χ2n) is 11.6. The lowest BCUT2D eigenvalue weighted by Crippen LogP contribution is -2.54. The summed E-state index contributed by atoms with van der Waals surface area (Å²) in [5.74, 6) is -0.757. The number of carbonyl (C=O) groups excluding carboxylic acids is 2. The van der Waals surface area contributed by atoms with Gasteiger partial charge in [0.25, 0.3) is 10.0 Å². The lowest BCUT2D eigenvalue weighted by atomic mass is 10.0. The van der Waals surface area contributed by atoms with E-state index in [0.29, 0.717) is 11.3 Å². The molecule has 7 nitrogen and oxygen atoms in total. The molecule has 0 aliphatic heterocycles. The number of nitrogens with one attached hydrogen (secondary N) is 1. The van der Waals surface area contributed by atoms with E-state index in [1.165, 1.54) is 9.21 Å². The van der Waals surface area contributed by atoms with Crippen molar-refractivity contribution in [1.29, 1.82) is 0 Å². The Hall–Kier alpha value is -4.43. The van der Waals surface area contributed by atoms with E-state index in [1.54, 1.807) is 36.4 Å². The van der Waals surface area contributed by atoms with Crippen molar-refractivity contribution in [3.8, 4) is 0 Å². The standard InChI is InChI=1S/C37H43N3O4S/c1-6-30(5)38-37(42)35(24-31-13-8-7-9-14-31)39(25-32-20-16-27(2)17-21-32)36(41)26-40(34-15-11-10-12-29(34)4)45(43,44)33-22-18-28(3)19-23-33/h7-23,30,35H,6,24-26H2,1-5H3,(H,38,42)/t30-,35+/m1/s1. The Morgan fingerprint density at radius 3 is 1.93 bits per heavy atom. The molecule has 2 amide bonds. The van der Waals surface area contributed by atoms with E-state index in [0.717, 1.165) is 28.7 Å². The van der Waals surface area contributed by atoms with E-state index < -0.39 is 28.5 Å². The predicted molar refractivity (Wildman–Crippen MR) is 180 cm³/mol. The van der Waals surface area contributed by atoms with Crippen LogP contribution in [-0.4, -0.2) is 43.8 Å². The van der Waals surface area contributed by atoms with Crippen molar-refractivity contribution in [3.05, 3.63) is 131 Å². The fourth-order valence-corrected chi connectivity index (χ4v) is 6.56. The molecule has 0 aromatic heterocycles. The number of benzene rings is 4. The highest BCUT2D eigenvalue weighted by molar-refractivity contribution is 7.92. The van der Waals surface area contributed by atoms with E-state index in [2.05, 4.69) is 5.32 Å². The van der Waals surface area contributed by atoms with Gasteiger partial charge in [-0.15, -0.1) is 0 Å². The summed E-state index contributed by atoms with van der Waals surface area (Å²) in [6.45, 7) is 9.27. The maximum atomic E-state index is 14.6. The first kappa shape index (κ1) is 33.5. The van der Waals surface area contributed by atoms with Crippen molar-refractivity contribution in [3.63, 3.8) is 0 Å². The Labute approximate surface area is 268 Å². The van der Waals surface area contributed by atoms with Gasteiger partial charge in [0.2, 0.25) is 11.8 Å². The molecule has 2 atom stereocenters. The molecular weight excluding hydrogens is 582 g/mol. The highest BCUT2D eigenvalue weighted by Crippen LogP contribution is 2.28. The third-order valence-corrected chi connectivity index (χ3v) is 9.79. The third-order valence-electron chi connectivity index (χ3n) is 8.02. The van der Waals surface area contributed by atoms with Crippen LogP contribution in [0, 0.1) is 20.8 Å². The fraction of sp³-hybridized carbons (Fsp3) is 0.297. The second-order valence-corrected chi connectivity index (χ2v) is 13.5. The summed E-state index contributed by atoms with van der Waals surface area (Å²) in [7, 11) is -4.14.